The fourth-order valence-corrected chi connectivity index (χ4v) is 2.96. The van der Waals surface area contributed by atoms with E-state index in [-0.39, 0.29) is 18.0 Å². The highest BCUT2D eigenvalue weighted by atomic mass is 16.2. The quantitative estimate of drug-likeness (QED) is 0.843. The molecule has 0 aliphatic carbocycles. The molecule has 2 amide bonds. The van der Waals surface area contributed by atoms with Crippen molar-refractivity contribution in [3.05, 3.63) is 83.9 Å². The summed E-state index contributed by atoms with van der Waals surface area (Å²) in [5.41, 5.74) is 1.94. The summed E-state index contributed by atoms with van der Waals surface area (Å²) in [7, 11) is 0. The average molecular weight is 346 g/mol. The smallest absolute Gasteiger partial charge is 0.248 e. The summed E-state index contributed by atoms with van der Waals surface area (Å²) in [6.45, 7) is 0.658. The lowest BCUT2D eigenvalue weighted by Gasteiger charge is -2.23. The van der Waals surface area contributed by atoms with Gasteiger partial charge in [-0.3, -0.25) is 9.59 Å². The minimum absolute atomic E-state index is 0.0799. The summed E-state index contributed by atoms with van der Waals surface area (Å²) in [5, 5.41) is 2.92. The van der Waals surface area contributed by atoms with Crippen molar-refractivity contribution >= 4 is 24.0 Å². The number of benzene rings is 2. The van der Waals surface area contributed by atoms with Crippen molar-refractivity contribution in [1.82, 2.24) is 10.2 Å². The molecule has 1 fully saturated rings. The molecule has 132 valence electrons. The highest BCUT2D eigenvalue weighted by molar-refractivity contribution is 5.94. The number of rotatable bonds is 5. The number of hydrogen-bond donors (Lipinski definition) is 1. The maximum absolute atomic E-state index is 12.5. The van der Waals surface area contributed by atoms with Gasteiger partial charge in [0.15, 0.2) is 0 Å². The molecule has 4 heteroatoms. The number of hydrogen-bond acceptors (Lipinski definition) is 2. The topological polar surface area (TPSA) is 49.4 Å². The monoisotopic (exact) mass is 346 g/mol. The number of amides is 2. The molecule has 0 unspecified atom stereocenters. The first kappa shape index (κ1) is 17.7. The summed E-state index contributed by atoms with van der Waals surface area (Å²) < 4.78 is 0. The van der Waals surface area contributed by atoms with Gasteiger partial charge < -0.3 is 10.2 Å². The Labute approximate surface area is 153 Å². The molecule has 1 aliphatic rings. The van der Waals surface area contributed by atoms with Crippen LogP contribution in [0.25, 0.3) is 12.2 Å². The first-order valence-corrected chi connectivity index (χ1v) is 8.80. The lowest BCUT2D eigenvalue weighted by atomic mass is 10.2. The van der Waals surface area contributed by atoms with E-state index in [4.69, 9.17) is 0 Å². The molecule has 1 aliphatic heterocycles. The van der Waals surface area contributed by atoms with E-state index in [9.17, 15) is 9.59 Å². The second-order valence-electron chi connectivity index (χ2n) is 6.19. The third kappa shape index (κ3) is 4.93. The first-order valence-electron chi connectivity index (χ1n) is 8.80. The predicted octanol–water partition coefficient (Wildman–Crippen LogP) is 3.48. The zero-order valence-corrected chi connectivity index (χ0v) is 14.5. The zero-order chi connectivity index (χ0) is 18.2. The summed E-state index contributed by atoms with van der Waals surface area (Å²) in [4.78, 5) is 26.3. The molecular weight excluding hydrogens is 324 g/mol. The lowest BCUT2D eigenvalue weighted by Crippen LogP contribution is -2.46. The number of nitrogens with one attached hydrogen (secondary N) is 1. The number of likely N-dealkylation sites (tertiary alicyclic amines) is 1. The van der Waals surface area contributed by atoms with Crippen LogP contribution < -0.4 is 5.32 Å². The maximum atomic E-state index is 12.5. The molecule has 1 heterocycles. The first-order chi connectivity index (χ1) is 12.7. The molecule has 1 N–H and O–H groups in total. The Morgan fingerprint density at radius 1 is 0.885 bits per heavy atom. The van der Waals surface area contributed by atoms with Gasteiger partial charge in [-0.1, -0.05) is 60.7 Å². The van der Waals surface area contributed by atoms with Gasteiger partial charge >= 0.3 is 0 Å². The van der Waals surface area contributed by atoms with Gasteiger partial charge in [0.2, 0.25) is 11.8 Å². The van der Waals surface area contributed by atoms with Crippen molar-refractivity contribution in [2.75, 3.05) is 6.54 Å². The van der Waals surface area contributed by atoms with E-state index in [1.165, 1.54) is 6.08 Å². The van der Waals surface area contributed by atoms with Gasteiger partial charge in [-0.2, -0.15) is 0 Å². The SMILES string of the molecule is O=C(/C=C/c1ccccc1)N[C@H]1CCCN1C(=O)/C=C/c1ccccc1. The van der Waals surface area contributed by atoms with Crippen LogP contribution >= 0.6 is 0 Å². The summed E-state index contributed by atoms with van der Waals surface area (Å²) >= 11 is 0. The molecule has 0 bridgehead atoms. The molecule has 0 spiro atoms. The molecule has 0 saturated carbocycles. The fraction of sp³-hybridized carbons (Fsp3) is 0.182. The van der Waals surface area contributed by atoms with Crippen LogP contribution in [0.1, 0.15) is 24.0 Å². The van der Waals surface area contributed by atoms with E-state index in [0.29, 0.717) is 6.54 Å². The third-order valence-corrected chi connectivity index (χ3v) is 4.29. The average Bonchev–Trinajstić information content (AvgIpc) is 3.14. The van der Waals surface area contributed by atoms with Crippen LogP contribution in [-0.4, -0.2) is 29.4 Å². The van der Waals surface area contributed by atoms with Gasteiger partial charge in [-0.05, 0) is 36.1 Å². The van der Waals surface area contributed by atoms with Crippen LogP contribution in [0.4, 0.5) is 0 Å². The molecule has 0 aromatic heterocycles. The number of nitrogens with zero attached hydrogens (tertiary/aromatic N) is 1. The van der Waals surface area contributed by atoms with Crippen molar-refractivity contribution in [2.24, 2.45) is 0 Å². The molecule has 1 saturated heterocycles. The van der Waals surface area contributed by atoms with E-state index in [1.807, 2.05) is 60.7 Å². The van der Waals surface area contributed by atoms with E-state index >= 15 is 0 Å². The van der Waals surface area contributed by atoms with Gasteiger partial charge in [0.25, 0.3) is 0 Å². The standard InChI is InChI=1S/C22H22N2O2/c25-21(15-13-18-8-3-1-4-9-18)23-20-12-7-17-24(20)22(26)16-14-19-10-5-2-6-11-19/h1-6,8-11,13-16,20H,7,12,17H2,(H,23,25)/b15-13+,16-14+/t20-/m1/s1. The molecule has 26 heavy (non-hydrogen) atoms. The second-order valence-corrected chi connectivity index (χ2v) is 6.19. The molecular formula is C22H22N2O2. The van der Waals surface area contributed by atoms with Gasteiger partial charge in [0.1, 0.15) is 6.17 Å². The Hall–Kier alpha value is -3.14. The largest absolute Gasteiger partial charge is 0.332 e. The van der Waals surface area contributed by atoms with Gasteiger partial charge in [0, 0.05) is 18.7 Å². The lowest BCUT2D eigenvalue weighted by molar-refractivity contribution is -0.128. The summed E-state index contributed by atoms with van der Waals surface area (Å²) in [6, 6.07) is 19.3. The van der Waals surface area contributed by atoms with Crippen molar-refractivity contribution < 1.29 is 9.59 Å². The van der Waals surface area contributed by atoms with Crippen molar-refractivity contribution in [3.63, 3.8) is 0 Å². The van der Waals surface area contributed by atoms with E-state index in [1.54, 1.807) is 23.1 Å². The van der Waals surface area contributed by atoms with E-state index in [2.05, 4.69) is 5.32 Å². The molecule has 2 aromatic carbocycles. The maximum Gasteiger partial charge on any atom is 0.248 e. The van der Waals surface area contributed by atoms with Crippen LogP contribution in [0.5, 0.6) is 0 Å². The highest BCUT2D eigenvalue weighted by Crippen LogP contribution is 2.16. The van der Waals surface area contributed by atoms with Crippen LogP contribution in [0, 0.1) is 0 Å². The number of carbonyl (C=O) groups excluding carboxylic acids is 2. The van der Waals surface area contributed by atoms with Gasteiger partial charge in [-0.25, -0.2) is 0 Å². The Bertz CT molecular complexity index is 797. The molecule has 0 radical (unpaired) electrons. The Balaban J connectivity index is 1.57. The summed E-state index contributed by atoms with van der Waals surface area (Å²) in [5.74, 6) is -0.269. The van der Waals surface area contributed by atoms with Crippen molar-refractivity contribution in [3.8, 4) is 0 Å². The second kappa shape index (κ2) is 8.81. The van der Waals surface area contributed by atoms with E-state index < -0.39 is 0 Å². The highest BCUT2D eigenvalue weighted by Gasteiger charge is 2.28. The minimum atomic E-state index is -0.254. The normalized spacial score (nSPS) is 17.1. The number of carbonyl (C=O) groups is 2. The van der Waals surface area contributed by atoms with Crippen LogP contribution in [0.2, 0.25) is 0 Å². The van der Waals surface area contributed by atoms with Crippen LogP contribution in [-0.2, 0) is 9.59 Å². The van der Waals surface area contributed by atoms with Gasteiger partial charge in [0.05, 0.1) is 0 Å². The molecule has 3 rings (SSSR count). The Kier molecular flexibility index (Phi) is 5.99. The van der Waals surface area contributed by atoms with E-state index in [0.717, 1.165) is 24.0 Å². The Morgan fingerprint density at radius 2 is 1.46 bits per heavy atom. The summed E-state index contributed by atoms with van der Waals surface area (Å²) in [6.07, 6.45) is 8.06. The predicted molar refractivity (Wildman–Crippen MR) is 104 cm³/mol. The molecule has 1 atom stereocenters. The minimum Gasteiger partial charge on any atom is -0.332 e. The van der Waals surface area contributed by atoms with Crippen LogP contribution in [0.15, 0.2) is 72.8 Å². The van der Waals surface area contributed by atoms with Crippen molar-refractivity contribution in [1.29, 1.82) is 0 Å². The van der Waals surface area contributed by atoms with Crippen LogP contribution in [0.3, 0.4) is 0 Å². The third-order valence-electron chi connectivity index (χ3n) is 4.29. The van der Waals surface area contributed by atoms with Gasteiger partial charge in [-0.15, -0.1) is 0 Å². The fourth-order valence-electron chi connectivity index (χ4n) is 2.96. The van der Waals surface area contributed by atoms with Crippen molar-refractivity contribution in [2.45, 2.75) is 19.0 Å². The Morgan fingerprint density at radius 3 is 2.08 bits per heavy atom. The zero-order valence-electron chi connectivity index (χ0n) is 14.5. The molecule has 2 aromatic rings. The molecule has 4 nitrogen and oxygen atoms in total.